The Morgan fingerprint density at radius 1 is 1.14 bits per heavy atom. The molecule has 1 aliphatic rings. The first kappa shape index (κ1) is 26.1. The first-order chi connectivity index (χ1) is 17.8. The van der Waals surface area contributed by atoms with Crippen molar-refractivity contribution in [2.75, 3.05) is 58.4 Å². The quantitative estimate of drug-likeness (QED) is 0.309. The van der Waals surface area contributed by atoms with Gasteiger partial charge in [-0.1, -0.05) is 0 Å². The molecule has 0 spiro atoms. The van der Waals surface area contributed by atoms with E-state index in [1.165, 1.54) is 19.3 Å². The van der Waals surface area contributed by atoms with Crippen molar-refractivity contribution in [3.63, 3.8) is 0 Å². The third kappa shape index (κ3) is 5.89. The molecule has 0 saturated carbocycles. The summed E-state index contributed by atoms with van der Waals surface area (Å²) in [5.74, 6) is 0. The number of hydrogen-bond donors (Lipinski definition) is 0. The first-order valence-electron chi connectivity index (χ1n) is 11.8. The van der Waals surface area contributed by atoms with E-state index >= 15 is 0 Å². The topological polar surface area (TPSA) is 130 Å². The molecular weight excluding hydrogens is 492 g/mol. The van der Waals surface area contributed by atoms with Gasteiger partial charge in [0.1, 0.15) is 4.90 Å². The lowest BCUT2D eigenvalue weighted by molar-refractivity contribution is 0.0377. The second-order valence-electron chi connectivity index (χ2n) is 8.66. The standard InChI is InChI=1S/C25H28N8O3S/c1-30(7-3-8-32-10-12-36-13-11-32)23-5-4-20(16-26)15-25(23)37(34,35)31(2)28-18-22-19-29-33-9-6-21(17-27)14-24(22)33/h4-6,9,14-15,18-19H,3,7-8,10-13H2,1-2H3/b28-18+. The molecule has 192 valence electrons. The molecule has 4 rings (SSSR count). The number of anilines is 1. The van der Waals surface area contributed by atoms with Gasteiger partial charge in [0.15, 0.2) is 0 Å². The number of hydrazone groups is 1. The number of benzene rings is 1. The Morgan fingerprint density at radius 3 is 2.59 bits per heavy atom. The molecule has 1 aliphatic heterocycles. The third-order valence-corrected chi connectivity index (χ3v) is 7.91. The maximum absolute atomic E-state index is 13.6. The number of pyridine rings is 1. The molecule has 1 fully saturated rings. The lowest BCUT2D eigenvalue weighted by atomic mass is 10.2. The number of aromatic nitrogens is 2. The van der Waals surface area contributed by atoms with Crippen LogP contribution in [0.25, 0.3) is 5.52 Å². The van der Waals surface area contributed by atoms with Gasteiger partial charge in [-0.05, 0) is 36.8 Å². The van der Waals surface area contributed by atoms with Gasteiger partial charge >= 0.3 is 0 Å². The van der Waals surface area contributed by atoms with E-state index in [1.54, 1.807) is 41.2 Å². The normalized spacial score (nSPS) is 14.5. The van der Waals surface area contributed by atoms with Crippen LogP contribution in [0.3, 0.4) is 0 Å². The smallest absolute Gasteiger partial charge is 0.280 e. The highest BCUT2D eigenvalue weighted by molar-refractivity contribution is 7.89. The summed E-state index contributed by atoms with van der Waals surface area (Å²) in [7, 11) is -0.887. The number of hydrogen-bond acceptors (Lipinski definition) is 9. The number of morpholine rings is 1. The van der Waals surface area contributed by atoms with Crippen molar-refractivity contribution in [3.05, 3.63) is 59.4 Å². The summed E-state index contributed by atoms with van der Waals surface area (Å²) in [5.41, 5.74) is 2.38. The van der Waals surface area contributed by atoms with Crippen LogP contribution in [0.15, 0.2) is 52.7 Å². The summed E-state index contributed by atoms with van der Waals surface area (Å²) in [4.78, 5) is 4.23. The van der Waals surface area contributed by atoms with Crippen LogP contribution >= 0.6 is 0 Å². The van der Waals surface area contributed by atoms with Crippen molar-refractivity contribution in [3.8, 4) is 12.1 Å². The van der Waals surface area contributed by atoms with Crippen molar-refractivity contribution in [1.82, 2.24) is 18.9 Å². The van der Waals surface area contributed by atoms with Crippen LogP contribution in [0.5, 0.6) is 0 Å². The van der Waals surface area contributed by atoms with Crippen molar-refractivity contribution in [2.24, 2.45) is 5.10 Å². The first-order valence-corrected chi connectivity index (χ1v) is 13.2. The molecule has 2 aromatic heterocycles. The molecule has 0 atom stereocenters. The monoisotopic (exact) mass is 520 g/mol. The fourth-order valence-electron chi connectivity index (χ4n) is 4.10. The SMILES string of the molecule is CN(CCCN1CCOCC1)c1ccc(C#N)cc1S(=O)(=O)N(C)/N=C/c1cnn2ccc(C#N)cc12. The predicted molar refractivity (Wildman–Crippen MR) is 139 cm³/mol. The van der Waals surface area contributed by atoms with Gasteiger partial charge in [0.25, 0.3) is 10.0 Å². The van der Waals surface area contributed by atoms with Crippen LogP contribution in [0.4, 0.5) is 5.69 Å². The number of nitrogens with zero attached hydrogens (tertiary/aromatic N) is 8. The van der Waals surface area contributed by atoms with Crippen LogP contribution in [0, 0.1) is 22.7 Å². The molecule has 11 nitrogen and oxygen atoms in total. The van der Waals surface area contributed by atoms with E-state index in [4.69, 9.17) is 4.74 Å². The summed E-state index contributed by atoms with van der Waals surface area (Å²) in [5, 5.41) is 27.0. The van der Waals surface area contributed by atoms with E-state index in [0.717, 1.165) is 43.7 Å². The van der Waals surface area contributed by atoms with Gasteiger partial charge in [0.2, 0.25) is 0 Å². The van der Waals surface area contributed by atoms with Crippen LogP contribution in [-0.4, -0.2) is 87.0 Å². The zero-order chi connectivity index (χ0) is 26.4. The van der Waals surface area contributed by atoms with Gasteiger partial charge in [0, 0.05) is 52.0 Å². The summed E-state index contributed by atoms with van der Waals surface area (Å²) < 4.78 is 35.0. The largest absolute Gasteiger partial charge is 0.379 e. The minimum absolute atomic E-state index is 0.00621. The summed E-state index contributed by atoms with van der Waals surface area (Å²) in [6, 6.07) is 12.0. The molecule has 12 heteroatoms. The van der Waals surface area contributed by atoms with E-state index in [9.17, 15) is 18.9 Å². The van der Waals surface area contributed by atoms with Crippen molar-refractivity contribution in [1.29, 1.82) is 10.5 Å². The summed E-state index contributed by atoms with van der Waals surface area (Å²) in [6.45, 7) is 4.79. The van der Waals surface area contributed by atoms with Crippen LogP contribution in [-0.2, 0) is 14.8 Å². The lowest BCUT2D eigenvalue weighted by Gasteiger charge is -2.28. The highest BCUT2D eigenvalue weighted by Crippen LogP contribution is 2.28. The van der Waals surface area contributed by atoms with E-state index in [-0.39, 0.29) is 10.5 Å². The van der Waals surface area contributed by atoms with Gasteiger partial charge in [0.05, 0.1) is 60.1 Å². The van der Waals surface area contributed by atoms with E-state index in [2.05, 4.69) is 21.2 Å². The Labute approximate surface area is 216 Å². The van der Waals surface area contributed by atoms with E-state index in [1.807, 2.05) is 18.0 Å². The van der Waals surface area contributed by atoms with Gasteiger partial charge < -0.3 is 9.64 Å². The number of fused-ring (bicyclic) bond motifs is 1. The molecule has 0 amide bonds. The van der Waals surface area contributed by atoms with Gasteiger partial charge in [-0.25, -0.2) is 4.52 Å². The average Bonchev–Trinajstić information content (AvgIpc) is 3.33. The van der Waals surface area contributed by atoms with E-state index < -0.39 is 10.0 Å². The van der Waals surface area contributed by atoms with Crippen LogP contribution in [0.1, 0.15) is 23.1 Å². The molecule has 3 aromatic rings. The fourth-order valence-corrected chi connectivity index (χ4v) is 5.32. The van der Waals surface area contributed by atoms with Gasteiger partial charge in [-0.3, -0.25) is 4.90 Å². The van der Waals surface area contributed by atoms with Gasteiger partial charge in [-0.15, -0.1) is 0 Å². The molecule has 3 heterocycles. The highest BCUT2D eigenvalue weighted by atomic mass is 32.2. The maximum Gasteiger partial charge on any atom is 0.280 e. The number of ether oxygens (including phenoxy) is 1. The predicted octanol–water partition coefficient (Wildman–Crippen LogP) is 1.89. The molecular formula is C25H28N8O3S. The van der Waals surface area contributed by atoms with Crippen molar-refractivity contribution < 1.29 is 13.2 Å². The van der Waals surface area contributed by atoms with Crippen LogP contribution in [0.2, 0.25) is 0 Å². The van der Waals surface area contributed by atoms with E-state index in [0.29, 0.717) is 28.9 Å². The van der Waals surface area contributed by atoms with Gasteiger partial charge in [-0.2, -0.15) is 33.6 Å². The Hall–Kier alpha value is -3.97. The Morgan fingerprint density at radius 2 is 1.86 bits per heavy atom. The zero-order valence-corrected chi connectivity index (χ0v) is 21.6. The highest BCUT2D eigenvalue weighted by Gasteiger charge is 2.25. The van der Waals surface area contributed by atoms with Crippen molar-refractivity contribution in [2.45, 2.75) is 11.3 Å². The molecule has 1 aromatic carbocycles. The number of sulfonamides is 1. The number of nitriles is 2. The molecule has 0 unspecified atom stereocenters. The molecule has 0 N–H and O–H groups in total. The average molecular weight is 521 g/mol. The molecule has 0 bridgehead atoms. The maximum atomic E-state index is 13.6. The molecule has 1 saturated heterocycles. The Bertz CT molecular complexity index is 1480. The zero-order valence-electron chi connectivity index (χ0n) is 20.8. The minimum Gasteiger partial charge on any atom is -0.379 e. The third-order valence-electron chi connectivity index (χ3n) is 6.24. The van der Waals surface area contributed by atoms with Crippen LogP contribution < -0.4 is 4.90 Å². The lowest BCUT2D eigenvalue weighted by Crippen LogP contribution is -2.38. The molecule has 0 aliphatic carbocycles. The minimum atomic E-state index is -4.08. The molecule has 0 radical (unpaired) electrons. The second-order valence-corrected chi connectivity index (χ2v) is 10.6. The fraction of sp³-hybridized carbons (Fsp3) is 0.360. The summed E-state index contributed by atoms with van der Waals surface area (Å²) in [6.07, 6.45) is 5.44. The molecule has 37 heavy (non-hydrogen) atoms. The summed E-state index contributed by atoms with van der Waals surface area (Å²) >= 11 is 0. The Balaban J connectivity index is 1.55. The Kier molecular flexibility index (Phi) is 8.04. The van der Waals surface area contributed by atoms with Crippen molar-refractivity contribution >= 4 is 27.4 Å². The second kappa shape index (κ2) is 11.4. The number of rotatable bonds is 9.